The molecular formula is C14H16ClN3OS. The van der Waals surface area contributed by atoms with Crippen LogP contribution in [0.15, 0.2) is 30.3 Å². The van der Waals surface area contributed by atoms with Gasteiger partial charge in [0.1, 0.15) is 0 Å². The SMILES string of the molecule is CC(C)(C)C(NC(=O)c1nnc(Cl)s1)c1ccccc1. The van der Waals surface area contributed by atoms with Crippen molar-refractivity contribution in [2.24, 2.45) is 5.41 Å². The third kappa shape index (κ3) is 3.55. The molecule has 0 fully saturated rings. The third-order valence-corrected chi connectivity index (χ3v) is 3.89. The molecule has 0 bridgehead atoms. The number of hydrogen-bond acceptors (Lipinski definition) is 4. The molecule has 1 N–H and O–H groups in total. The maximum atomic E-state index is 12.2. The molecule has 0 aliphatic carbocycles. The lowest BCUT2D eigenvalue weighted by Crippen LogP contribution is -2.36. The minimum absolute atomic E-state index is 0.112. The van der Waals surface area contributed by atoms with Crippen LogP contribution in [0.3, 0.4) is 0 Å². The van der Waals surface area contributed by atoms with Gasteiger partial charge in [-0.2, -0.15) is 0 Å². The van der Waals surface area contributed by atoms with E-state index in [0.29, 0.717) is 0 Å². The van der Waals surface area contributed by atoms with Crippen LogP contribution in [0, 0.1) is 5.41 Å². The number of nitrogens with one attached hydrogen (secondary N) is 1. The van der Waals surface area contributed by atoms with Gasteiger partial charge in [-0.15, -0.1) is 10.2 Å². The zero-order valence-electron chi connectivity index (χ0n) is 11.6. The van der Waals surface area contributed by atoms with Crippen molar-refractivity contribution < 1.29 is 4.79 Å². The highest BCUT2D eigenvalue weighted by Crippen LogP contribution is 2.33. The summed E-state index contributed by atoms with van der Waals surface area (Å²) < 4.78 is 0.266. The van der Waals surface area contributed by atoms with Gasteiger partial charge in [-0.1, -0.05) is 62.4 Å². The van der Waals surface area contributed by atoms with Crippen LogP contribution in [0.25, 0.3) is 0 Å². The van der Waals surface area contributed by atoms with E-state index in [1.165, 1.54) is 0 Å². The molecule has 4 nitrogen and oxygen atoms in total. The minimum atomic E-state index is -0.252. The van der Waals surface area contributed by atoms with Crippen LogP contribution in [0.5, 0.6) is 0 Å². The van der Waals surface area contributed by atoms with Crippen molar-refractivity contribution in [1.29, 1.82) is 0 Å². The zero-order valence-corrected chi connectivity index (χ0v) is 13.1. The zero-order chi connectivity index (χ0) is 14.8. The van der Waals surface area contributed by atoms with E-state index in [2.05, 4.69) is 36.3 Å². The molecule has 0 saturated heterocycles. The van der Waals surface area contributed by atoms with Gasteiger partial charge >= 0.3 is 0 Å². The lowest BCUT2D eigenvalue weighted by Gasteiger charge is -2.31. The Morgan fingerprint density at radius 3 is 2.40 bits per heavy atom. The Kier molecular flexibility index (Phi) is 4.40. The summed E-state index contributed by atoms with van der Waals surface area (Å²) in [6.07, 6.45) is 0. The van der Waals surface area contributed by atoms with Crippen molar-refractivity contribution in [3.8, 4) is 0 Å². The van der Waals surface area contributed by atoms with Crippen LogP contribution in [-0.2, 0) is 0 Å². The summed E-state index contributed by atoms with van der Waals surface area (Å²) in [7, 11) is 0. The number of carbonyl (C=O) groups excluding carboxylic acids is 1. The Hall–Kier alpha value is -1.46. The molecule has 0 aliphatic heterocycles. The van der Waals surface area contributed by atoms with E-state index >= 15 is 0 Å². The maximum absolute atomic E-state index is 12.2. The molecular weight excluding hydrogens is 294 g/mol. The van der Waals surface area contributed by atoms with Crippen molar-refractivity contribution in [3.05, 3.63) is 45.4 Å². The Balaban J connectivity index is 2.23. The summed E-state index contributed by atoms with van der Waals surface area (Å²) in [5, 5.41) is 10.7. The third-order valence-electron chi connectivity index (χ3n) is 2.87. The monoisotopic (exact) mass is 309 g/mol. The second-order valence-electron chi connectivity index (χ2n) is 5.54. The summed E-state index contributed by atoms with van der Waals surface area (Å²) in [5.74, 6) is -0.252. The fourth-order valence-corrected chi connectivity index (χ4v) is 2.67. The summed E-state index contributed by atoms with van der Waals surface area (Å²) in [6, 6.07) is 9.77. The van der Waals surface area contributed by atoms with Crippen LogP contribution >= 0.6 is 22.9 Å². The van der Waals surface area contributed by atoms with Crippen molar-refractivity contribution in [1.82, 2.24) is 15.5 Å². The van der Waals surface area contributed by atoms with E-state index in [9.17, 15) is 4.79 Å². The minimum Gasteiger partial charge on any atom is -0.343 e. The van der Waals surface area contributed by atoms with Crippen LogP contribution in [-0.4, -0.2) is 16.1 Å². The first kappa shape index (κ1) is 14.9. The predicted molar refractivity (Wildman–Crippen MR) is 81.0 cm³/mol. The molecule has 1 heterocycles. The molecule has 1 amide bonds. The van der Waals surface area contributed by atoms with Crippen molar-refractivity contribution >= 4 is 28.8 Å². The normalized spacial score (nSPS) is 13.0. The second-order valence-corrected chi connectivity index (χ2v) is 7.10. The summed E-state index contributed by atoms with van der Waals surface area (Å²) in [6.45, 7) is 6.24. The van der Waals surface area contributed by atoms with Gasteiger partial charge in [0.15, 0.2) is 0 Å². The molecule has 1 aromatic heterocycles. The Bertz CT molecular complexity index is 592. The highest BCUT2D eigenvalue weighted by Gasteiger charge is 2.29. The summed E-state index contributed by atoms with van der Waals surface area (Å²) in [5.41, 5.74) is 0.940. The van der Waals surface area contributed by atoms with Crippen LogP contribution in [0.2, 0.25) is 4.47 Å². The first-order chi connectivity index (χ1) is 9.38. The lowest BCUT2D eigenvalue weighted by atomic mass is 9.82. The van der Waals surface area contributed by atoms with Crippen molar-refractivity contribution in [2.75, 3.05) is 0 Å². The van der Waals surface area contributed by atoms with Gasteiger partial charge in [-0.25, -0.2) is 0 Å². The van der Waals surface area contributed by atoms with Gasteiger partial charge < -0.3 is 5.32 Å². The van der Waals surface area contributed by atoms with Gasteiger partial charge in [0.05, 0.1) is 6.04 Å². The van der Waals surface area contributed by atoms with Gasteiger partial charge in [0.25, 0.3) is 5.91 Å². The number of benzene rings is 1. The first-order valence-corrected chi connectivity index (χ1v) is 7.42. The molecule has 106 valence electrons. The highest BCUT2D eigenvalue weighted by molar-refractivity contribution is 7.17. The van der Waals surface area contributed by atoms with Crippen LogP contribution < -0.4 is 5.32 Å². The number of carbonyl (C=O) groups is 1. The van der Waals surface area contributed by atoms with E-state index < -0.39 is 0 Å². The summed E-state index contributed by atoms with van der Waals surface area (Å²) in [4.78, 5) is 12.2. The van der Waals surface area contributed by atoms with E-state index in [-0.39, 0.29) is 26.8 Å². The number of aromatic nitrogens is 2. The largest absolute Gasteiger partial charge is 0.343 e. The quantitative estimate of drug-likeness (QED) is 0.940. The molecule has 1 unspecified atom stereocenters. The Labute approximate surface area is 127 Å². The van der Waals surface area contributed by atoms with E-state index in [4.69, 9.17) is 11.6 Å². The van der Waals surface area contributed by atoms with E-state index in [0.717, 1.165) is 16.9 Å². The topological polar surface area (TPSA) is 54.9 Å². The molecule has 0 radical (unpaired) electrons. The standard InChI is InChI=1S/C14H16ClN3OS/c1-14(2,3)10(9-7-5-4-6-8-9)16-11(19)12-17-18-13(15)20-12/h4-8,10H,1-3H3,(H,16,19). The molecule has 20 heavy (non-hydrogen) atoms. The van der Waals surface area contributed by atoms with Crippen molar-refractivity contribution in [3.63, 3.8) is 0 Å². The molecule has 0 saturated carbocycles. The fourth-order valence-electron chi connectivity index (χ4n) is 1.94. The molecule has 1 aromatic carbocycles. The van der Waals surface area contributed by atoms with E-state index in [1.54, 1.807) is 0 Å². The maximum Gasteiger partial charge on any atom is 0.282 e. The van der Waals surface area contributed by atoms with Gasteiger partial charge in [0.2, 0.25) is 9.47 Å². The highest BCUT2D eigenvalue weighted by atomic mass is 35.5. The Morgan fingerprint density at radius 1 is 1.25 bits per heavy atom. The second kappa shape index (κ2) is 5.89. The van der Waals surface area contributed by atoms with Gasteiger partial charge in [0, 0.05) is 0 Å². The van der Waals surface area contributed by atoms with E-state index in [1.807, 2.05) is 30.3 Å². The lowest BCUT2D eigenvalue weighted by molar-refractivity contribution is 0.0900. The number of halogens is 1. The number of rotatable bonds is 3. The average molecular weight is 310 g/mol. The van der Waals surface area contributed by atoms with Crippen LogP contribution in [0.4, 0.5) is 0 Å². The number of hydrogen-bond donors (Lipinski definition) is 1. The molecule has 0 spiro atoms. The number of amides is 1. The predicted octanol–water partition coefficient (Wildman–Crippen LogP) is 3.71. The van der Waals surface area contributed by atoms with Crippen molar-refractivity contribution in [2.45, 2.75) is 26.8 Å². The van der Waals surface area contributed by atoms with Gasteiger partial charge in [-0.3, -0.25) is 4.79 Å². The van der Waals surface area contributed by atoms with Crippen LogP contribution in [0.1, 0.15) is 42.2 Å². The molecule has 2 aromatic rings. The molecule has 6 heteroatoms. The molecule has 2 rings (SSSR count). The van der Waals surface area contributed by atoms with Gasteiger partial charge in [-0.05, 0) is 22.6 Å². The number of nitrogens with zero attached hydrogens (tertiary/aromatic N) is 2. The fraction of sp³-hybridized carbons (Fsp3) is 0.357. The average Bonchev–Trinajstić information content (AvgIpc) is 2.82. The smallest absolute Gasteiger partial charge is 0.282 e. The molecule has 1 atom stereocenters. The molecule has 0 aliphatic rings. The first-order valence-electron chi connectivity index (χ1n) is 6.23. The summed E-state index contributed by atoms with van der Waals surface area (Å²) >= 11 is 6.79. The Morgan fingerprint density at radius 2 is 1.90 bits per heavy atom.